The Bertz CT molecular complexity index is 776. The lowest BCUT2D eigenvalue weighted by Gasteiger charge is -2.29. The highest BCUT2D eigenvalue weighted by Crippen LogP contribution is 2.19. The molecule has 1 fully saturated rings. The number of aliphatic imine (C=N–C) groups is 1. The molecular weight excluding hydrogens is 499 g/mol. The Labute approximate surface area is 194 Å². The number of hydrogen-bond donors (Lipinski definition) is 2. The van der Waals surface area contributed by atoms with E-state index in [0.717, 1.165) is 60.9 Å². The molecule has 0 aromatic carbocycles. The van der Waals surface area contributed by atoms with Gasteiger partial charge in [0, 0.05) is 36.8 Å². The molecular formula is C20H31IN6OS. The molecule has 3 heterocycles. The van der Waals surface area contributed by atoms with Crippen molar-refractivity contribution >= 4 is 47.1 Å². The number of nitrogens with one attached hydrogen (secondary N) is 2. The van der Waals surface area contributed by atoms with Gasteiger partial charge in [-0.25, -0.2) is 15.0 Å². The number of anilines is 1. The first-order chi connectivity index (χ1) is 13.7. The second kappa shape index (κ2) is 12.3. The van der Waals surface area contributed by atoms with Crippen molar-refractivity contribution in [3.8, 4) is 0 Å². The van der Waals surface area contributed by atoms with Crippen LogP contribution in [0.4, 0.5) is 5.82 Å². The summed E-state index contributed by atoms with van der Waals surface area (Å²) in [4.78, 5) is 16.3. The highest BCUT2D eigenvalue weighted by Gasteiger charge is 2.15. The van der Waals surface area contributed by atoms with Crippen molar-refractivity contribution in [1.82, 2.24) is 20.6 Å². The van der Waals surface area contributed by atoms with Crippen LogP contribution in [0.3, 0.4) is 0 Å². The molecule has 2 aromatic rings. The number of aromatic nitrogens is 2. The Kier molecular flexibility index (Phi) is 10.1. The summed E-state index contributed by atoms with van der Waals surface area (Å²) >= 11 is 1.69. The summed E-state index contributed by atoms with van der Waals surface area (Å²) in [6.07, 6.45) is 1.84. The summed E-state index contributed by atoms with van der Waals surface area (Å²) in [7, 11) is 0. The number of ether oxygens (including phenoxy) is 1. The van der Waals surface area contributed by atoms with E-state index in [9.17, 15) is 0 Å². The van der Waals surface area contributed by atoms with Crippen LogP contribution in [0.25, 0.3) is 0 Å². The molecule has 0 aliphatic carbocycles. The van der Waals surface area contributed by atoms with Gasteiger partial charge in [-0.05, 0) is 18.9 Å². The van der Waals surface area contributed by atoms with Crippen LogP contribution in [0.2, 0.25) is 0 Å². The predicted octanol–water partition coefficient (Wildman–Crippen LogP) is 3.37. The summed E-state index contributed by atoms with van der Waals surface area (Å²) in [5, 5.41) is 9.91. The molecule has 7 nitrogen and oxygen atoms in total. The fraction of sp³-hybridized carbons (Fsp3) is 0.550. The first-order valence-electron chi connectivity index (χ1n) is 9.90. The quantitative estimate of drug-likeness (QED) is 0.325. The molecule has 0 atom stereocenters. The average molecular weight is 530 g/mol. The standard InChI is InChI=1S/C20H30N6OS.HI/c1-4-21-20(24-13-18-25-17(14-28-18)15(2)3)23-12-16-6-5-7-22-19(16)26-8-10-27-11-9-26;/h5-7,14-15H,4,8-13H2,1-3H3,(H2,21,23,24);1H. The van der Waals surface area contributed by atoms with Crippen molar-refractivity contribution in [2.45, 2.75) is 39.8 Å². The van der Waals surface area contributed by atoms with Crippen LogP contribution in [-0.4, -0.2) is 48.8 Å². The van der Waals surface area contributed by atoms with Gasteiger partial charge in [0.05, 0.1) is 32.0 Å². The third kappa shape index (κ3) is 7.07. The molecule has 2 N–H and O–H groups in total. The van der Waals surface area contributed by atoms with E-state index in [1.54, 1.807) is 11.3 Å². The van der Waals surface area contributed by atoms with E-state index in [-0.39, 0.29) is 24.0 Å². The molecule has 1 aliphatic heterocycles. The van der Waals surface area contributed by atoms with Gasteiger partial charge in [0.2, 0.25) is 0 Å². The van der Waals surface area contributed by atoms with Gasteiger partial charge in [0.15, 0.2) is 5.96 Å². The SMILES string of the molecule is CCNC(=NCc1cccnc1N1CCOCC1)NCc1nc(C(C)C)cs1.I. The summed E-state index contributed by atoms with van der Waals surface area (Å²) in [6.45, 7) is 11.7. The third-order valence-corrected chi connectivity index (χ3v) is 5.37. The van der Waals surface area contributed by atoms with Crippen molar-refractivity contribution in [3.05, 3.63) is 40.0 Å². The number of thiazole rings is 1. The van der Waals surface area contributed by atoms with Crippen LogP contribution in [-0.2, 0) is 17.8 Å². The zero-order valence-electron chi connectivity index (χ0n) is 17.4. The second-order valence-corrected chi connectivity index (χ2v) is 7.90. The number of hydrogen-bond acceptors (Lipinski definition) is 6. The van der Waals surface area contributed by atoms with E-state index in [2.05, 4.69) is 57.7 Å². The van der Waals surface area contributed by atoms with Crippen LogP contribution >= 0.6 is 35.3 Å². The zero-order valence-corrected chi connectivity index (χ0v) is 20.5. The van der Waals surface area contributed by atoms with Gasteiger partial charge in [0.25, 0.3) is 0 Å². The van der Waals surface area contributed by atoms with E-state index in [4.69, 9.17) is 9.73 Å². The van der Waals surface area contributed by atoms with E-state index in [1.807, 2.05) is 12.3 Å². The number of morpholine rings is 1. The molecule has 2 aromatic heterocycles. The van der Waals surface area contributed by atoms with E-state index in [0.29, 0.717) is 19.0 Å². The normalized spacial score (nSPS) is 14.6. The topological polar surface area (TPSA) is 74.7 Å². The Morgan fingerprint density at radius 1 is 1.31 bits per heavy atom. The largest absolute Gasteiger partial charge is 0.378 e. The minimum Gasteiger partial charge on any atom is -0.378 e. The van der Waals surface area contributed by atoms with Crippen LogP contribution in [0.5, 0.6) is 0 Å². The van der Waals surface area contributed by atoms with Gasteiger partial charge in [0.1, 0.15) is 10.8 Å². The van der Waals surface area contributed by atoms with Crippen molar-refractivity contribution in [3.63, 3.8) is 0 Å². The maximum atomic E-state index is 5.46. The Balaban J connectivity index is 0.00000300. The fourth-order valence-electron chi connectivity index (χ4n) is 2.95. The zero-order chi connectivity index (χ0) is 19.8. The maximum Gasteiger partial charge on any atom is 0.191 e. The minimum atomic E-state index is 0. The van der Waals surface area contributed by atoms with Crippen LogP contribution in [0.15, 0.2) is 28.7 Å². The molecule has 0 amide bonds. The van der Waals surface area contributed by atoms with Crippen molar-refractivity contribution in [2.24, 2.45) is 4.99 Å². The summed E-state index contributed by atoms with van der Waals surface area (Å²) in [6, 6.07) is 4.07. The van der Waals surface area contributed by atoms with Crippen LogP contribution in [0, 0.1) is 0 Å². The number of pyridine rings is 1. The lowest BCUT2D eigenvalue weighted by atomic mass is 10.2. The molecule has 0 spiro atoms. The van der Waals surface area contributed by atoms with Gasteiger partial charge < -0.3 is 20.3 Å². The molecule has 0 unspecified atom stereocenters. The molecule has 0 saturated carbocycles. The first-order valence-corrected chi connectivity index (χ1v) is 10.8. The van der Waals surface area contributed by atoms with Crippen molar-refractivity contribution < 1.29 is 4.74 Å². The first kappa shape index (κ1) is 23.8. The Morgan fingerprint density at radius 2 is 2.10 bits per heavy atom. The average Bonchev–Trinajstić information content (AvgIpc) is 3.20. The molecule has 9 heteroatoms. The van der Waals surface area contributed by atoms with E-state index in [1.165, 1.54) is 0 Å². The summed E-state index contributed by atoms with van der Waals surface area (Å²) in [5.74, 6) is 2.25. The molecule has 160 valence electrons. The second-order valence-electron chi connectivity index (χ2n) is 6.96. The van der Waals surface area contributed by atoms with E-state index >= 15 is 0 Å². The molecule has 1 saturated heterocycles. The van der Waals surface area contributed by atoms with Gasteiger partial charge in [-0.3, -0.25) is 0 Å². The van der Waals surface area contributed by atoms with E-state index < -0.39 is 0 Å². The van der Waals surface area contributed by atoms with Gasteiger partial charge in [-0.2, -0.15) is 0 Å². The summed E-state index contributed by atoms with van der Waals surface area (Å²) in [5.41, 5.74) is 2.27. The smallest absolute Gasteiger partial charge is 0.191 e. The lowest BCUT2D eigenvalue weighted by Crippen LogP contribution is -2.38. The predicted molar refractivity (Wildman–Crippen MR) is 131 cm³/mol. The maximum absolute atomic E-state index is 5.46. The molecule has 0 bridgehead atoms. The molecule has 0 radical (unpaired) electrons. The summed E-state index contributed by atoms with van der Waals surface area (Å²) < 4.78 is 5.46. The number of nitrogens with zero attached hydrogens (tertiary/aromatic N) is 4. The highest BCUT2D eigenvalue weighted by atomic mass is 127. The molecule has 29 heavy (non-hydrogen) atoms. The van der Waals surface area contributed by atoms with Crippen molar-refractivity contribution in [1.29, 1.82) is 0 Å². The fourth-order valence-corrected chi connectivity index (χ4v) is 3.85. The Hall–Kier alpha value is -1.46. The third-order valence-electron chi connectivity index (χ3n) is 4.50. The van der Waals surface area contributed by atoms with Gasteiger partial charge in [-0.15, -0.1) is 35.3 Å². The molecule has 3 rings (SSSR count). The lowest BCUT2D eigenvalue weighted by molar-refractivity contribution is 0.122. The van der Waals surface area contributed by atoms with Crippen LogP contribution in [0.1, 0.15) is 43.0 Å². The molecule has 1 aliphatic rings. The monoisotopic (exact) mass is 530 g/mol. The minimum absolute atomic E-state index is 0. The van der Waals surface area contributed by atoms with Crippen LogP contribution < -0.4 is 15.5 Å². The number of halogens is 1. The van der Waals surface area contributed by atoms with Gasteiger partial charge in [-0.1, -0.05) is 19.9 Å². The Morgan fingerprint density at radius 3 is 2.79 bits per heavy atom. The van der Waals surface area contributed by atoms with Crippen molar-refractivity contribution in [2.75, 3.05) is 37.7 Å². The van der Waals surface area contributed by atoms with Gasteiger partial charge >= 0.3 is 0 Å². The number of rotatable bonds is 7. The highest BCUT2D eigenvalue weighted by molar-refractivity contribution is 14.0. The number of guanidine groups is 1.